The first-order chi connectivity index (χ1) is 11.5. The Morgan fingerprint density at radius 2 is 1.83 bits per heavy atom. The number of rotatable bonds is 5. The molecule has 0 unspecified atom stereocenters. The van der Waals surface area contributed by atoms with Gasteiger partial charge < -0.3 is 9.52 Å². The van der Waals surface area contributed by atoms with Gasteiger partial charge in [-0.2, -0.15) is 0 Å². The molecule has 0 aliphatic rings. The number of halogens is 2. The van der Waals surface area contributed by atoms with Gasteiger partial charge in [0.05, 0.1) is 12.7 Å². The molecular formula is C19H16I2O3. The van der Waals surface area contributed by atoms with Crippen LogP contribution in [0.25, 0.3) is 11.0 Å². The number of hydrogen-bond donors (Lipinski definition) is 1. The second kappa shape index (κ2) is 7.43. The largest absolute Gasteiger partial charge is 0.506 e. The van der Waals surface area contributed by atoms with Crippen LogP contribution in [-0.4, -0.2) is 10.9 Å². The quantitative estimate of drug-likeness (QED) is 0.320. The molecule has 3 nitrogen and oxygen atoms in total. The van der Waals surface area contributed by atoms with E-state index in [1.165, 1.54) is 0 Å². The van der Waals surface area contributed by atoms with Crippen molar-refractivity contribution in [3.05, 3.63) is 60.4 Å². The molecule has 0 radical (unpaired) electrons. The molecule has 3 rings (SSSR count). The van der Waals surface area contributed by atoms with Crippen molar-refractivity contribution in [3.8, 4) is 5.75 Å². The van der Waals surface area contributed by atoms with Gasteiger partial charge in [-0.25, -0.2) is 0 Å². The van der Waals surface area contributed by atoms with E-state index >= 15 is 0 Å². The first-order valence-electron chi connectivity index (χ1n) is 7.76. The van der Waals surface area contributed by atoms with Crippen LogP contribution in [-0.2, 0) is 6.42 Å². The van der Waals surface area contributed by atoms with Crippen LogP contribution >= 0.6 is 45.2 Å². The van der Waals surface area contributed by atoms with Gasteiger partial charge in [0.2, 0.25) is 0 Å². The minimum Gasteiger partial charge on any atom is -0.506 e. The Morgan fingerprint density at radius 3 is 2.50 bits per heavy atom. The van der Waals surface area contributed by atoms with Crippen molar-refractivity contribution >= 4 is 61.9 Å². The van der Waals surface area contributed by atoms with Crippen LogP contribution in [0.5, 0.6) is 5.75 Å². The third kappa shape index (κ3) is 3.33. The topological polar surface area (TPSA) is 50.4 Å². The summed E-state index contributed by atoms with van der Waals surface area (Å²) in [6, 6.07) is 11.1. The van der Waals surface area contributed by atoms with Crippen molar-refractivity contribution in [3.63, 3.8) is 0 Å². The fraction of sp³-hybridized carbons (Fsp3) is 0.211. The van der Waals surface area contributed by atoms with E-state index in [0.717, 1.165) is 36.0 Å². The third-order valence-electron chi connectivity index (χ3n) is 3.93. The Morgan fingerprint density at radius 1 is 1.17 bits per heavy atom. The number of carbonyl (C=O) groups is 1. The van der Waals surface area contributed by atoms with E-state index in [4.69, 9.17) is 4.42 Å². The van der Waals surface area contributed by atoms with Gasteiger partial charge in [-0.3, -0.25) is 4.79 Å². The molecule has 0 aliphatic carbocycles. The highest BCUT2D eigenvalue weighted by molar-refractivity contribution is 14.1. The first-order valence-corrected chi connectivity index (χ1v) is 9.91. The van der Waals surface area contributed by atoms with Gasteiger partial charge in [-0.05, 0) is 69.8 Å². The zero-order valence-corrected chi connectivity index (χ0v) is 17.4. The van der Waals surface area contributed by atoms with Gasteiger partial charge in [-0.15, -0.1) is 0 Å². The SMILES string of the molecule is CCCCc1oc2ccccc2c1C(=O)c1cc(I)c(O)c(I)c1. The lowest BCUT2D eigenvalue weighted by Crippen LogP contribution is -2.05. The predicted octanol–water partition coefficient (Wildman–Crippen LogP) is 5.92. The third-order valence-corrected chi connectivity index (χ3v) is 5.58. The summed E-state index contributed by atoms with van der Waals surface area (Å²) in [6.07, 6.45) is 2.77. The number of hydrogen-bond acceptors (Lipinski definition) is 3. The fourth-order valence-electron chi connectivity index (χ4n) is 2.70. The van der Waals surface area contributed by atoms with Crippen LogP contribution in [0.2, 0.25) is 0 Å². The maximum absolute atomic E-state index is 13.2. The van der Waals surface area contributed by atoms with E-state index < -0.39 is 0 Å². The summed E-state index contributed by atoms with van der Waals surface area (Å²) in [6.45, 7) is 2.12. The second-order valence-electron chi connectivity index (χ2n) is 5.62. The summed E-state index contributed by atoms with van der Waals surface area (Å²) in [7, 11) is 0. The number of aryl methyl sites for hydroxylation is 1. The summed E-state index contributed by atoms with van der Waals surface area (Å²) < 4.78 is 7.30. The van der Waals surface area contributed by atoms with E-state index in [-0.39, 0.29) is 11.5 Å². The molecule has 2 aromatic carbocycles. The molecule has 0 amide bonds. The molecule has 3 aromatic rings. The van der Waals surface area contributed by atoms with Crippen molar-refractivity contribution in [2.75, 3.05) is 0 Å². The summed E-state index contributed by atoms with van der Waals surface area (Å²) in [5.41, 5.74) is 1.97. The Labute approximate surface area is 167 Å². The van der Waals surface area contributed by atoms with Crippen LogP contribution in [0.15, 0.2) is 40.8 Å². The van der Waals surface area contributed by atoms with Gasteiger partial charge in [0.25, 0.3) is 0 Å². The van der Waals surface area contributed by atoms with Crippen molar-refractivity contribution in [1.82, 2.24) is 0 Å². The van der Waals surface area contributed by atoms with Crippen molar-refractivity contribution in [2.24, 2.45) is 0 Å². The summed E-state index contributed by atoms with van der Waals surface area (Å²) in [5, 5.41) is 10.8. The minimum absolute atomic E-state index is 0.0538. The van der Waals surface area contributed by atoms with Crippen molar-refractivity contribution < 1.29 is 14.3 Å². The zero-order valence-electron chi connectivity index (χ0n) is 13.1. The molecule has 0 fully saturated rings. The number of furan rings is 1. The molecule has 124 valence electrons. The number of phenolic OH excluding ortho intramolecular Hbond substituents is 1. The lowest BCUT2D eigenvalue weighted by atomic mass is 9.98. The van der Waals surface area contributed by atoms with Crippen LogP contribution < -0.4 is 0 Å². The van der Waals surface area contributed by atoms with E-state index in [1.54, 1.807) is 12.1 Å². The highest BCUT2D eigenvalue weighted by Crippen LogP contribution is 2.32. The van der Waals surface area contributed by atoms with E-state index in [0.29, 0.717) is 18.3 Å². The number of para-hydroxylation sites is 1. The average Bonchev–Trinajstić information content (AvgIpc) is 2.95. The fourth-order valence-corrected chi connectivity index (χ4v) is 4.47. The molecule has 1 heterocycles. The Balaban J connectivity index is 2.15. The molecular weight excluding hydrogens is 530 g/mol. The van der Waals surface area contributed by atoms with Crippen molar-refractivity contribution in [2.45, 2.75) is 26.2 Å². The van der Waals surface area contributed by atoms with E-state index in [9.17, 15) is 9.90 Å². The molecule has 24 heavy (non-hydrogen) atoms. The standard InChI is InChI=1S/C19H16I2O3/c1-2-3-7-16-17(12-6-4-5-8-15(12)24-16)18(22)11-9-13(20)19(23)14(21)10-11/h4-6,8-10,23H,2-3,7H2,1H3. The van der Waals surface area contributed by atoms with Crippen LogP contribution in [0.1, 0.15) is 41.4 Å². The Kier molecular flexibility index (Phi) is 5.49. The molecule has 0 spiro atoms. The Bertz CT molecular complexity index is 889. The highest BCUT2D eigenvalue weighted by Gasteiger charge is 2.22. The Hall–Kier alpha value is -1.09. The molecule has 0 saturated carbocycles. The van der Waals surface area contributed by atoms with E-state index in [2.05, 4.69) is 6.92 Å². The van der Waals surface area contributed by atoms with Gasteiger partial charge >= 0.3 is 0 Å². The maximum atomic E-state index is 13.2. The van der Waals surface area contributed by atoms with Crippen molar-refractivity contribution in [1.29, 1.82) is 0 Å². The van der Waals surface area contributed by atoms with Crippen LogP contribution in [0, 0.1) is 7.14 Å². The number of benzene rings is 2. The number of phenols is 1. The molecule has 0 aliphatic heterocycles. The maximum Gasteiger partial charge on any atom is 0.197 e. The average molecular weight is 546 g/mol. The number of aromatic hydroxyl groups is 1. The predicted molar refractivity (Wildman–Crippen MR) is 112 cm³/mol. The highest BCUT2D eigenvalue weighted by atomic mass is 127. The lowest BCUT2D eigenvalue weighted by molar-refractivity contribution is 0.103. The van der Waals surface area contributed by atoms with Crippen LogP contribution in [0.4, 0.5) is 0 Å². The zero-order chi connectivity index (χ0) is 17.3. The van der Waals surface area contributed by atoms with E-state index in [1.807, 2.05) is 69.4 Å². The number of ketones is 1. The molecule has 0 bridgehead atoms. The van der Waals surface area contributed by atoms with Gasteiger partial charge in [-0.1, -0.05) is 31.5 Å². The smallest absolute Gasteiger partial charge is 0.197 e. The molecule has 0 saturated heterocycles. The molecule has 0 atom stereocenters. The number of fused-ring (bicyclic) bond motifs is 1. The normalized spacial score (nSPS) is 11.1. The second-order valence-corrected chi connectivity index (χ2v) is 7.94. The van der Waals surface area contributed by atoms with Gasteiger partial charge in [0, 0.05) is 17.4 Å². The monoisotopic (exact) mass is 546 g/mol. The minimum atomic E-state index is -0.0538. The first kappa shape index (κ1) is 17.7. The number of unbranched alkanes of at least 4 members (excludes halogenated alkanes) is 1. The lowest BCUT2D eigenvalue weighted by Gasteiger charge is -2.06. The van der Waals surface area contributed by atoms with Crippen LogP contribution in [0.3, 0.4) is 0 Å². The molecule has 1 N–H and O–H groups in total. The van der Waals surface area contributed by atoms with Gasteiger partial charge in [0.15, 0.2) is 5.78 Å². The molecule has 5 heteroatoms. The number of carbonyl (C=O) groups excluding carboxylic acids is 1. The molecule has 1 aromatic heterocycles. The summed E-state index contributed by atoms with van der Waals surface area (Å²) >= 11 is 4.09. The van der Waals surface area contributed by atoms with Gasteiger partial charge in [0.1, 0.15) is 17.1 Å². The summed E-state index contributed by atoms with van der Waals surface area (Å²) in [5.74, 6) is 0.916. The summed E-state index contributed by atoms with van der Waals surface area (Å²) in [4.78, 5) is 13.2.